The number of nitrogens with one attached hydrogen (secondary N) is 1. The van der Waals surface area contributed by atoms with Crippen LogP contribution in [0.1, 0.15) is 23.4 Å². The summed E-state index contributed by atoms with van der Waals surface area (Å²) in [6, 6.07) is 18.4. The summed E-state index contributed by atoms with van der Waals surface area (Å²) in [6.45, 7) is 3.31. The van der Waals surface area contributed by atoms with E-state index in [0.717, 1.165) is 17.9 Å². The number of amides is 1. The second kappa shape index (κ2) is 6.29. The number of benzene rings is 2. The highest BCUT2D eigenvalue weighted by Crippen LogP contribution is 2.29. The lowest BCUT2D eigenvalue weighted by atomic mass is 9.84. The average Bonchev–Trinajstić information content (AvgIpc) is 3.19. The van der Waals surface area contributed by atoms with Gasteiger partial charge in [-0.15, -0.1) is 0 Å². The van der Waals surface area contributed by atoms with Gasteiger partial charge in [0.1, 0.15) is 5.76 Å². The number of piperidine rings is 3. The van der Waals surface area contributed by atoms with Gasteiger partial charge in [-0.05, 0) is 60.8 Å². The van der Waals surface area contributed by atoms with Crippen LogP contribution >= 0.6 is 0 Å². The third kappa shape index (κ3) is 2.80. The Morgan fingerprint density at radius 2 is 1.81 bits per heavy atom. The monoisotopic (exact) mass is 346 g/mol. The molecule has 1 amide bonds. The van der Waals surface area contributed by atoms with Crippen LogP contribution in [0.2, 0.25) is 0 Å². The minimum atomic E-state index is -0.101. The number of hydrogen-bond donors (Lipinski definition) is 1. The Bertz CT molecular complexity index is 953. The number of furan rings is 1. The van der Waals surface area contributed by atoms with Crippen molar-refractivity contribution < 1.29 is 9.21 Å². The van der Waals surface area contributed by atoms with Crippen molar-refractivity contribution >= 4 is 16.7 Å². The molecule has 3 aliphatic rings. The summed E-state index contributed by atoms with van der Waals surface area (Å²) >= 11 is 0. The Balaban J connectivity index is 1.34. The predicted octanol–water partition coefficient (Wildman–Crippen LogP) is 3.92. The van der Waals surface area contributed by atoms with Crippen LogP contribution < -0.4 is 5.32 Å². The minimum absolute atomic E-state index is 0.101. The Kier molecular flexibility index (Phi) is 3.79. The standard InChI is InChI=1S/C22H22N2O2/c25-22(23-19-14-24-11-9-16(19)10-12-24)21-8-7-20(26-21)18-6-5-15-3-1-2-4-17(15)13-18/h1-8,13,16,19H,9-12,14H2,(H,23,25). The predicted molar refractivity (Wildman–Crippen MR) is 102 cm³/mol. The van der Waals surface area contributed by atoms with E-state index in [1.165, 1.54) is 36.7 Å². The molecule has 0 saturated carbocycles. The Morgan fingerprint density at radius 1 is 1.00 bits per heavy atom. The molecule has 0 radical (unpaired) electrons. The van der Waals surface area contributed by atoms with Gasteiger partial charge < -0.3 is 14.6 Å². The molecule has 3 aliphatic heterocycles. The molecule has 3 fully saturated rings. The average molecular weight is 346 g/mol. The zero-order valence-electron chi connectivity index (χ0n) is 14.7. The van der Waals surface area contributed by atoms with Gasteiger partial charge in [-0.2, -0.15) is 0 Å². The first-order chi connectivity index (χ1) is 12.8. The van der Waals surface area contributed by atoms with Crippen LogP contribution in [0.4, 0.5) is 0 Å². The summed E-state index contributed by atoms with van der Waals surface area (Å²) in [6.07, 6.45) is 2.37. The van der Waals surface area contributed by atoms with E-state index in [9.17, 15) is 4.79 Å². The van der Waals surface area contributed by atoms with E-state index >= 15 is 0 Å². The van der Waals surface area contributed by atoms with E-state index in [1.807, 2.05) is 24.3 Å². The second-order valence-electron chi connectivity index (χ2n) is 7.44. The molecule has 4 nitrogen and oxygen atoms in total. The smallest absolute Gasteiger partial charge is 0.287 e. The van der Waals surface area contributed by atoms with Crippen LogP contribution in [0.25, 0.3) is 22.1 Å². The zero-order chi connectivity index (χ0) is 17.5. The van der Waals surface area contributed by atoms with Gasteiger partial charge in [0.05, 0.1) is 0 Å². The molecule has 0 aliphatic carbocycles. The van der Waals surface area contributed by atoms with Gasteiger partial charge in [0.25, 0.3) is 5.91 Å². The molecule has 4 heteroatoms. The molecule has 132 valence electrons. The largest absolute Gasteiger partial charge is 0.451 e. The lowest BCUT2D eigenvalue weighted by molar-refractivity contribution is 0.0606. The highest BCUT2D eigenvalue weighted by atomic mass is 16.3. The SMILES string of the molecule is O=C(NC1CN2CCC1CC2)c1ccc(-c2ccc3ccccc3c2)o1. The fourth-order valence-electron chi connectivity index (χ4n) is 4.33. The van der Waals surface area contributed by atoms with E-state index in [1.54, 1.807) is 6.07 Å². The highest BCUT2D eigenvalue weighted by Gasteiger charge is 2.35. The minimum Gasteiger partial charge on any atom is -0.451 e. The van der Waals surface area contributed by atoms with Crippen LogP contribution in [0.15, 0.2) is 59.0 Å². The van der Waals surface area contributed by atoms with Crippen LogP contribution in [0, 0.1) is 5.92 Å². The molecule has 2 bridgehead atoms. The van der Waals surface area contributed by atoms with E-state index in [0.29, 0.717) is 11.7 Å². The first-order valence-electron chi connectivity index (χ1n) is 9.38. The number of carbonyl (C=O) groups is 1. The maximum Gasteiger partial charge on any atom is 0.287 e. The normalized spacial score (nSPS) is 24.7. The van der Waals surface area contributed by atoms with Crippen molar-refractivity contribution in [1.82, 2.24) is 10.2 Å². The van der Waals surface area contributed by atoms with Crippen LogP contribution in [-0.4, -0.2) is 36.5 Å². The second-order valence-corrected chi connectivity index (χ2v) is 7.44. The molecule has 26 heavy (non-hydrogen) atoms. The molecule has 0 spiro atoms. The van der Waals surface area contributed by atoms with Crippen molar-refractivity contribution in [3.8, 4) is 11.3 Å². The number of rotatable bonds is 3. The van der Waals surface area contributed by atoms with Gasteiger partial charge in [0.2, 0.25) is 0 Å². The molecule has 6 rings (SSSR count). The van der Waals surface area contributed by atoms with E-state index in [4.69, 9.17) is 4.42 Å². The lowest BCUT2D eigenvalue weighted by Gasteiger charge is -2.44. The number of fused-ring (bicyclic) bond motifs is 4. The van der Waals surface area contributed by atoms with E-state index in [2.05, 4.69) is 34.5 Å². The van der Waals surface area contributed by atoms with Crippen LogP contribution in [-0.2, 0) is 0 Å². The maximum absolute atomic E-state index is 12.6. The van der Waals surface area contributed by atoms with Crippen molar-refractivity contribution in [2.75, 3.05) is 19.6 Å². The van der Waals surface area contributed by atoms with E-state index < -0.39 is 0 Å². The van der Waals surface area contributed by atoms with Crippen molar-refractivity contribution in [1.29, 1.82) is 0 Å². The molecule has 3 saturated heterocycles. The number of nitrogens with zero attached hydrogens (tertiary/aromatic N) is 1. The Morgan fingerprint density at radius 3 is 2.58 bits per heavy atom. The number of hydrogen-bond acceptors (Lipinski definition) is 3. The van der Waals surface area contributed by atoms with Crippen molar-refractivity contribution in [2.24, 2.45) is 5.92 Å². The zero-order valence-corrected chi connectivity index (χ0v) is 14.7. The molecule has 1 unspecified atom stereocenters. The summed E-state index contributed by atoms with van der Waals surface area (Å²) in [4.78, 5) is 15.1. The summed E-state index contributed by atoms with van der Waals surface area (Å²) in [5, 5.41) is 5.55. The Labute approximate surface area is 152 Å². The number of carbonyl (C=O) groups excluding carboxylic acids is 1. The maximum atomic E-state index is 12.6. The van der Waals surface area contributed by atoms with Gasteiger partial charge >= 0.3 is 0 Å². The van der Waals surface area contributed by atoms with Gasteiger partial charge in [-0.1, -0.05) is 36.4 Å². The first-order valence-corrected chi connectivity index (χ1v) is 9.38. The first kappa shape index (κ1) is 15.6. The fraction of sp³-hybridized carbons (Fsp3) is 0.318. The topological polar surface area (TPSA) is 45.5 Å². The van der Waals surface area contributed by atoms with Crippen molar-refractivity contribution in [2.45, 2.75) is 18.9 Å². The molecule has 3 aromatic rings. The van der Waals surface area contributed by atoms with Crippen LogP contribution in [0.5, 0.6) is 0 Å². The van der Waals surface area contributed by atoms with Gasteiger partial charge in [-0.3, -0.25) is 4.79 Å². The van der Waals surface area contributed by atoms with Gasteiger partial charge in [0, 0.05) is 18.2 Å². The summed E-state index contributed by atoms with van der Waals surface area (Å²) in [7, 11) is 0. The highest BCUT2D eigenvalue weighted by molar-refractivity contribution is 5.93. The third-order valence-corrected chi connectivity index (χ3v) is 5.84. The molecular weight excluding hydrogens is 324 g/mol. The van der Waals surface area contributed by atoms with Crippen molar-refractivity contribution in [3.05, 3.63) is 60.4 Å². The van der Waals surface area contributed by atoms with Crippen molar-refractivity contribution in [3.63, 3.8) is 0 Å². The van der Waals surface area contributed by atoms with E-state index in [-0.39, 0.29) is 11.9 Å². The molecule has 1 aromatic heterocycles. The quantitative estimate of drug-likeness (QED) is 0.782. The van der Waals surface area contributed by atoms with Crippen LogP contribution in [0.3, 0.4) is 0 Å². The fourth-order valence-corrected chi connectivity index (χ4v) is 4.33. The summed E-state index contributed by atoms with van der Waals surface area (Å²) in [5.74, 6) is 1.63. The molecule has 1 N–H and O–H groups in total. The molecule has 2 aromatic carbocycles. The third-order valence-electron chi connectivity index (χ3n) is 5.84. The molecule has 1 atom stereocenters. The summed E-state index contributed by atoms with van der Waals surface area (Å²) in [5.41, 5.74) is 0.991. The lowest BCUT2D eigenvalue weighted by Crippen LogP contribution is -2.57. The summed E-state index contributed by atoms with van der Waals surface area (Å²) < 4.78 is 5.88. The molecular formula is C22H22N2O2. The van der Waals surface area contributed by atoms with Gasteiger partial charge in [0.15, 0.2) is 5.76 Å². The molecule has 4 heterocycles. The van der Waals surface area contributed by atoms with Gasteiger partial charge in [-0.25, -0.2) is 0 Å². The Hall–Kier alpha value is -2.59.